The largest absolute Gasteiger partial charge is 0.495 e. The van der Waals surface area contributed by atoms with E-state index in [1.807, 2.05) is 0 Å². The minimum absolute atomic E-state index is 0.718. The summed E-state index contributed by atoms with van der Waals surface area (Å²) in [5.41, 5.74) is 3.80. The van der Waals surface area contributed by atoms with Crippen LogP contribution in [-0.4, -0.2) is 32.2 Å². The Hall–Kier alpha value is -1.68. The Labute approximate surface area is 114 Å². The van der Waals surface area contributed by atoms with Gasteiger partial charge in [0, 0.05) is 19.6 Å². The van der Waals surface area contributed by atoms with Gasteiger partial charge in [-0.05, 0) is 43.3 Å². The van der Waals surface area contributed by atoms with E-state index in [4.69, 9.17) is 9.47 Å². The fourth-order valence-corrected chi connectivity index (χ4v) is 2.83. The van der Waals surface area contributed by atoms with E-state index in [0.717, 1.165) is 50.0 Å². The predicted octanol–water partition coefficient (Wildman–Crippen LogP) is 2.34. The molecule has 1 aromatic carbocycles. The van der Waals surface area contributed by atoms with Crippen LogP contribution in [0, 0.1) is 0 Å². The van der Waals surface area contributed by atoms with Crippen molar-refractivity contribution in [1.82, 2.24) is 4.90 Å². The Bertz CT molecular complexity index is 513. The molecular formula is C15H20N2O2. The molecule has 2 aliphatic heterocycles. The van der Waals surface area contributed by atoms with Gasteiger partial charge in [0.25, 0.3) is 0 Å². The number of rotatable bonds is 2. The molecule has 1 saturated heterocycles. The van der Waals surface area contributed by atoms with Gasteiger partial charge in [-0.25, -0.2) is 0 Å². The zero-order valence-electron chi connectivity index (χ0n) is 11.6. The quantitative estimate of drug-likeness (QED) is 0.815. The molecule has 0 amide bonds. The lowest BCUT2D eigenvalue weighted by Crippen LogP contribution is -2.30. The molecule has 0 bridgehead atoms. The average molecular weight is 260 g/mol. The summed E-state index contributed by atoms with van der Waals surface area (Å²) in [4.78, 5) is 4.41. The molecule has 0 radical (unpaired) electrons. The van der Waals surface area contributed by atoms with Gasteiger partial charge < -0.3 is 14.4 Å². The molecule has 1 fully saturated rings. The number of methoxy groups -OCH3 is 1. The molecule has 2 heterocycles. The van der Waals surface area contributed by atoms with Gasteiger partial charge in [-0.15, -0.1) is 0 Å². The maximum absolute atomic E-state index is 5.55. The molecule has 0 aliphatic carbocycles. The standard InChI is InChI=1S/C15H20N2O2/c1-11-17(5-4-6-19-11)14-7-12-9-16(2)10-13(12)8-15(14)18-3/h7-8H,1,4-6,9-10H2,2-3H3. The molecule has 1 aromatic rings. The lowest BCUT2D eigenvalue weighted by atomic mass is 10.1. The zero-order chi connectivity index (χ0) is 13.4. The third kappa shape index (κ3) is 2.16. The lowest BCUT2D eigenvalue weighted by molar-refractivity contribution is 0.177. The second-order valence-electron chi connectivity index (χ2n) is 5.21. The summed E-state index contributed by atoms with van der Waals surface area (Å²) in [5.74, 6) is 1.62. The van der Waals surface area contributed by atoms with Gasteiger partial charge in [0.15, 0.2) is 5.88 Å². The van der Waals surface area contributed by atoms with Gasteiger partial charge in [-0.1, -0.05) is 0 Å². The number of nitrogens with zero attached hydrogens (tertiary/aromatic N) is 2. The first kappa shape index (κ1) is 12.4. The zero-order valence-corrected chi connectivity index (χ0v) is 11.6. The second-order valence-corrected chi connectivity index (χ2v) is 5.21. The van der Waals surface area contributed by atoms with E-state index in [0.29, 0.717) is 0 Å². The molecule has 0 spiro atoms. The van der Waals surface area contributed by atoms with Crippen LogP contribution in [0.3, 0.4) is 0 Å². The van der Waals surface area contributed by atoms with E-state index < -0.39 is 0 Å². The third-order valence-corrected chi connectivity index (χ3v) is 3.77. The fourth-order valence-electron chi connectivity index (χ4n) is 2.83. The van der Waals surface area contributed by atoms with Crippen LogP contribution in [0.4, 0.5) is 5.69 Å². The highest BCUT2D eigenvalue weighted by molar-refractivity contribution is 5.65. The van der Waals surface area contributed by atoms with Crippen molar-refractivity contribution in [3.05, 3.63) is 35.7 Å². The van der Waals surface area contributed by atoms with Crippen LogP contribution in [0.1, 0.15) is 17.5 Å². The van der Waals surface area contributed by atoms with Gasteiger partial charge in [0.1, 0.15) is 5.75 Å². The second kappa shape index (κ2) is 4.78. The molecule has 3 rings (SSSR count). The highest BCUT2D eigenvalue weighted by Crippen LogP contribution is 2.37. The predicted molar refractivity (Wildman–Crippen MR) is 75.2 cm³/mol. The van der Waals surface area contributed by atoms with Crippen molar-refractivity contribution < 1.29 is 9.47 Å². The first-order valence-corrected chi connectivity index (χ1v) is 6.66. The summed E-state index contributed by atoms with van der Waals surface area (Å²) in [7, 11) is 3.85. The molecule has 0 saturated carbocycles. The maximum Gasteiger partial charge on any atom is 0.186 e. The molecule has 102 valence electrons. The van der Waals surface area contributed by atoms with Crippen molar-refractivity contribution in [3.8, 4) is 5.75 Å². The minimum Gasteiger partial charge on any atom is -0.495 e. The van der Waals surface area contributed by atoms with Crippen LogP contribution in [-0.2, 0) is 17.8 Å². The minimum atomic E-state index is 0.718. The smallest absolute Gasteiger partial charge is 0.186 e. The SMILES string of the molecule is C=C1OCCCN1c1cc2c(cc1OC)CN(C)C2. The Morgan fingerprint density at radius 1 is 1.26 bits per heavy atom. The number of ether oxygens (including phenoxy) is 2. The summed E-state index contributed by atoms with van der Waals surface area (Å²) in [6, 6.07) is 4.37. The van der Waals surface area contributed by atoms with E-state index in [-0.39, 0.29) is 0 Å². The van der Waals surface area contributed by atoms with Crippen molar-refractivity contribution in [3.63, 3.8) is 0 Å². The highest BCUT2D eigenvalue weighted by Gasteiger charge is 2.24. The molecule has 4 nitrogen and oxygen atoms in total. The van der Waals surface area contributed by atoms with Gasteiger partial charge in [-0.3, -0.25) is 4.90 Å². The number of hydrogen-bond acceptors (Lipinski definition) is 4. The van der Waals surface area contributed by atoms with Crippen molar-refractivity contribution in [2.75, 3.05) is 32.2 Å². The number of benzene rings is 1. The van der Waals surface area contributed by atoms with Crippen molar-refractivity contribution in [1.29, 1.82) is 0 Å². The summed E-state index contributed by atoms with van der Waals surface area (Å²) < 4.78 is 11.1. The molecule has 0 unspecified atom stereocenters. The van der Waals surface area contributed by atoms with Crippen LogP contribution in [0.25, 0.3) is 0 Å². The first-order chi connectivity index (χ1) is 9.19. The molecule has 0 atom stereocenters. The molecule has 19 heavy (non-hydrogen) atoms. The van der Waals surface area contributed by atoms with Crippen LogP contribution in [0.5, 0.6) is 5.75 Å². The van der Waals surface area contributed by atoms with Crippen molar-refractivity contribution in [2.45, 2.75) is 19.5 Å². The van der Waals surface area contributed by atoms with Crippen LogP contribution in [0.15, 0.2) is 24.6 Å². The maximum atomic E-state index is 5.55. The summed E-state index contributed by atoms with van der Waals surface area (Å²) in [5, 5.41) is 0. The summed E-state index contributed by atoms with van der Waals surface area (Å²) in [6.07, 6.45) is 1.01. The third-order valence-electron chi connectivity index (χ3n) is 3.77. The van der Waals surface area contributed by atoms with Crippen molar-refractivity contribution in [2.24, 2.45) is 0 Å². The van der Waals surface area contributed by atoms with E-state index in [9.17, 15) is 0 Å². The molecule has 4 heteroatoms. The van der Waals surface area contributed by atoms with E-state index >= 15 is 0 Å². The van der Waals surface area contributed by atoms with Gasteiger partial charge in [0.2, 0.25) is 0 Å². The van der Waals surface area contributed by atoms with E-state index in [1.54, 1.807) is 7.11 Å². The van der Waals surface area contributed by atoms with Crippen LogP contribution >= 0.6 is 0 Å². The normalized spacial score (nSPS) is 19.3. The Morgan fingerprint density at radius 3 is 2.68 bits per heavy atom. The average Bonchev–Trinajstić information content (AvgIpc) is 2.77. The topological polar surface area (TPSA) is 24.9 Å². The van der Waals surface area contributed by atoms with Crippen molar-refractivity contribution >= 4 is 5.69 Å². The Balaban J connectivity index is 2.00. The number of anilines is 1. The molecular weight excluding hydrogens is 240 g/mol. The summed E-state index contributed by atoms with van der Waals surface area (Å²) in [6.45, 7) is 7.67. The van der Waals surface area contributed by atoms with E-state index in [1.165, 1.54) is 11.1 Å². The van der Waals surface area contributed by atoms with Gasteiger partial charge >= 0.3 is 0 Å². The van der Waals surface area contributed by atoms with E-state index in [2.05, 4.69) is 35.6 Å². The highest BCUT2D eigenvalue weighted by atomic mass is 16.5. The summed E-state index contributed by atoms with van der Waals surface area (Å²) >= 11 is 0. The molecule has 0 N–H and O–H groups in total. The Kier molecular flexibility index (Phi) is 3.11. The van der Waals surface area contributed by atoms with Crippen LogP contribution in [0.2, 0.25) is 0 Å². The monoisotopic (exact) mass is 260 g/mol. The van der Waals surface area contributed by atoms with Gasteiger partial charge in [-0.2, -0.15) is 0 Å². The van der Waals surface area contributed by atoms with Gasteiger partial charge in [0.05, 0.1) is 19.4 Å². The number of hydrogen-bond donors (Lipinski definition) is 0. The lowest BCUT2D eigenvalue weighted by Gasteiger charge is -2.32. The fraction of sp³-hybridized carbons (Fsp3) is 0.467. The molecule has 0 aromatic heterocycles. The molecule has 2 aliphatic rings. The number of fused-ring (bicyclic) bond motifs is 1. The first-order valence-electron chi connectivity index (χ1n) is 6.66. The Morgan fingerprint density at radius 2 is 2.00 bits per heavy atom. The van der Waals surface area contributed by atoms with Crippen LogP contribution < -0.4 is 9.64 Å².